The first-order valence-electron chi connectivity index (χ1n) is 5.38. The van der Waals surface area contributed by atoms with Gasteiger partial charge in [-0.25, -0.2) is 9.97 Å². The molecule has 2 aromatic heterocycles. The molecule has 0 aliphatic carbocycles. The van der Waals surface area contributed by atoms with Crippen LogP contribution < -0.4 is 0 Å². The SMILES string of the molecule is Cc1nccc(C(O)c2cnccc2C(F)(F)F)n1. The second-order valence-electron chi connectivity index (χ2n) is 3.89. The lowest BCUT2D eigenvalue weighted by Gasteiger charge is -2.16. The fourth-order valence-electron chi connectivity index (χ4n) is 1.67. The number of aliphatic hydroxyl groups is 1. The van der Waals surface area contributed by atoms with Crippen LogP contribution in [0.1, 0.15) is 28.7 Å². The molecule has 0 radical (unpaired) electrons. The summed E-state index contributed by atoms with van der Waals surface area (Å²) in [5, 5.41) is 10.0. The van der Waals surface area contributed by atoms with Crippen LogP contribution in [0.4, 0.5) is 13.2 Å². The predicted octanol–water partition coefficient (Wildman–Crippen LogP) is 2.28. The summed E-state index contributed by atoms with van der Waals surface area (Å²) in [6.07, 6.45) is -2.65. The van der Waals surface area contributed by atoms with Crippen LogP contribution in [0.2, 0.25) is 0 Å². The lowest BCUT2D eigenvalue weighted by atomic mass is 10.0. The van der Waals surface area contributed by atoms with E-state index in [9.17, 15) is 18.3 Å². The van der Waals surface area contributed by atoms with Gasteiger partial charge in [0.15, 0.2) is 0 Å². The molecule has 1 atom stereocenters. The highest BCUT2D eigenvalue weighted by Crippen LogP contribution is 2.35. The number of hydrogen-bond donors (Lipinski definition) is 1. The number of aromatic nitrogens is 3. The van der Waals surface area contributed by atoms with Crippen molar-refractivity contribution in [3.63, 3.8) is 0 Å². The number of alkyl halides is 3. The van der Waals surface area contributed by atoms with Crippen molar-refractivity contribution in [3.8, 4) is 0 Å². The Hall–Kier alpha value is -2.02. The van der Waals surface area contributed by atoms with Crippen molar-refractivity contribution in [1.29, 1.82) is 0 Å². The van der Waals surface area contributed by atoms with Gasteiger partial charge < -0.3 is 5.11 Å². The van der Waals surface area contributed by atoms with Crippen LogP contribution in [-0.2, 0) is 6.18 Å². The first kappa shape index (κ1) is 13.4. The number of halogens is 3. The first-order chi connectivity index (χ1) is 8.89. The molecule has 0 fully saturated rings. The van der Waals surface area contributed by atoms with Crippen LogP contribution in [0, 0.1) is 6.92 Å². The Morgan fingerprint density at radius 1 is 1.21 bits per heavy atom. The van der Waals surface area contributed by atoms with Gasteiger partial charge in [-0.1, -0.05) is 0 Å². The third-order valence-electron chi connectivity index (χ3n) is 2.53. The van der Waals surface area contributed by atoms with Gasteiger partial charge >= 0.3 is 6.18 Å². The zero-order valence-electron chi connectivity index (χ0n) is 9.89. The highest BCUT2D eigenvalue weighted by molar-refractivity contribution is 5.32. The van der Waals surface area contributed by atoms with Crippen molar-refractivity contribution in [2.75, 3.05) is 0 Å². The average molecular weight is 269 g/mol. The highest BCUT2D eigenvalue weighted by Gasteiger charge is 2.35. The molecule has 0 amide bonds. The van der Waals surface area contributed by atoms with Crippen LogP contribution in [0.15, 0.2) is 30.7 Å². The third kappa shape index (κ3) is 2.87. The van der Waals surface area contributed by atoms with E-state index in [-0.39, 0.29) is 11.3 Å². The summed E-state index contributed by atoms with van der Waals surface area (Å²) in [6.45, 7) is 1.59. The number of aryl methyl sites for hydroxylation is 1. The molecule has 1 unspecified atom stereocenters. The molecule has 4 nitrogen and oxygen atoms in total. The van der Waals surface area contributed by atoms with Gasteiger partial charge in [-0.05, 0) is 19.1 Å². The van der Waals surface area contributed by atoms with Gasteiger partial charge in [0.1, 0.15) is 11.9 Å². The summed E-state index contributed by atoms with van der Waals surface area (Å²) in [6, 6.07) is 2.19. The maximum Gasteiger partial charge on any atom is 0.416 e. The molecular formula is C12H10F3N3O. The third-order valence-corrected chi connectivity index (χ3v) is 2.53. The monoisotopic (exact) mass is 269 g/mol. The molecule has 2 rings (SSSR count). The smallest absolute Gasteiger partial charge is 0.382 e. The van der Waals surface area contributed by atoms with E-state index in [0.29, 0.717) is 5.82 Å². The van der Waals surface area contributed by atoms with Crippen LogP contribution in [0.5, 0.6) is 0 Å². The second-order valence-corrected chi connectivity index (χ2v) is 3.89. The minimum atomic E-state index is -4.55. The fraction of sp³-hybridized carbons (Fsp3) is 0.250. The minimum absolute atomic E-state index is 0.103. The Morgan fingerprint density at radius 3 is 2.58 bits per heavy atom. The van der Waals surface area contributed by atoms with Gasteiger partial charge in [-0.15, -0.1) is 0 Å². The van der Waals surface area contributed by atoms with Crippen LogP contribution in [0.3, 0.4) is 0 Å². The molecule has 0 saturated heterocycles. The van der Waals surface area contributed by atoms with E-state index in [0.717, 1.165) is 18.5 Å². The summed E-state index contributed by atoms with van der Waals surface area (Å²) in [4.78, 5) is 11.4. The molecule has 0 saturated carbocycles. The van der Waals surface area contributed by atoms with Gasteiger partial charge in [0.2, 0.25) is 0 Å². The maximum absolute atomic E-state index is 12.8. The zero-order chi connectivity index (χ0) is 14.0. The van der Waals surface area contributed by atoms with Crippen LogP contribution >= 0.6 is 0 Å². The number of rotatable bonds is 2. The largest absolute Gasteiger partial charge is 0.416 e. The number of pyridine rings is 1. The van der Waals surface area contributed by atoms with Crippen molar-refractivity contribution in [2.24, 2.45) is 0 Å². The van der Waals surface area contributed by atoms with E-state index in [1.54, 1.807) is 6.92 Å². The molecule has 1 N–H and O–H groups in total. The summed E-state index contributed by atoms with van der Waals surface area (Å²) in [5.74, 6) is 0.369. The minimum Gasteiger partial charge on any atom is -0.382 e. The summed E-state index contributed by atoms with van der Waals surface area (Å²) in [5.41, 5.74) is -1.15. The maximum atomic E-state index is 12.8. The van der Waals surface area contributed by atoms with Crippen LogP contribution in [-0.4, -0.2) is 20.1 Å². The summed E-state index contributed by atoms with van der Waals surface area (Å²) in [7, 11) is 0. The molecule has 0 spiro atoms. The molecule has 100 valence electrons. The Bertz CT molecular complexity index is 586. The van der Waals surface area contributed by atoms with Crippen LogP contribution in [0.25, 0.3) is 0 Å². The fourth-order valence-corrected chi connectivity index (χ4v) is 1.67. The second kappa shape index (κ2) is 4.93. The standard InChI is InChI=1S/C12H10F3N3O/c1-7-17-5-3-10(18-7)11(19)8-6-16-4-2-9(8)12(13,14)15/h2-6,11,19H,1H3. The summed E-state index contributed by atoms with van der Waals surface area (Å²) >= 11 is 0. The number of aliphatic hydroxyl groups excluding tert-OH is 1. The Labute approximate surface area is 107 Å². The average Bonchev–Trinajstić information content (AvgIpc) is 2.37. The van der Waals surface area contributed by atoms with Crippen molar-refractivity contribution in [1.82, 2.24) is 15.0 Å². The van der Waals surface area contributed by atoms with Gasteiger partial charge in [-0.2, -0.15) is 13.2 Å². The van der Waals surface area contributed by atoms with Gasteiger partial charge in [0, 0.05) is 24.2 Å². The van der Waals surface area contributed by atoms with Crippen molar-refractivity contribution < 1.29 is 18.3 Å². The van der Waals surface area contributed by atoms with E-state index >= 15 is 0 Å². The van der Waals surface area contributed by atoms with E-state index in [1.807, 2.05) is 0 Å². The quantitative estimate of drug-likeness (QED) is 0.908. The molecule has 0 aliphatic rings. The van der Waals surface area contributed by atoms with Crippen molar-refractivity contribution in [3.05, 3.63) is 53.4 Å². The first-order valence-corrected chi connectivity index (χ1v) is 5.38. The summed E-state index contributed by atoms with van der Waals surface area (Å²) < 4.78 is 38.5. The molecular weight excluding hydrogens is 259 g/mol. The number of nitrogens with zero attached hydrogens (tertiary/aromatic N) is 3. The Balaban J connectivity index is 2.48. The topological polar surface area (TPSA) is 58.9 Å². The van der Waals surface area contributed by atoms with Crippen molar-refractivity contribution >= 4 is 0 Å². The molecule has 7 heteroatoms. The molecule has 0 bridgehead atoms. The van der Waals surface area contributed by atoms with E-state index < -0.39 is 17.8 Å². The van der Waals surface area contributed by atoms with Gasteiger partial charge in [0.25, 0.3) is 0 Å². The van der Waals surface area contributed by atoms with Gasteiger partial charge in [-0.3, -0.25) is 4.98 Å². The van der Waals surface area contributed by atoms with E-state index in [2.05, 4.69) is 15.0 Å². The number of hydrogen-bond acceptors (Lipinski definition) is 4. The van der Waals surface area contributed by atoms with Gasteiger partial charge in [0.05, 0.1) is 11.3 Å². The normalized spacial score (nSPS) is 13.3. The lowest BCUT2D eigenvalue weighted by Crippen LogP contribution is -2.14. The highest BCUT2D eigenvalue weighted by atomic mass is 19.4. The predicted molar refractivity (Wildman–Crippen MR) is 60.1 cm³/mol. The molecule has 2 heterocycles. The zero-order valence-corrected chi connectivity index (χ0v) is 9.89. The van der Waals surface area contributed by atoms with Crippen molar-refractivity contribution in [2.45, 2.75) is 19.2 Å². The molecule has 2 aromatic rings. The molecule has 0 aromatic carbocycles. The lowest BCUT2D eigenvalue weighted by molar-refractivity contribution is -0.139. The Kier molecular flexibility index (Phi) is 3.48. The van der Waals surface area contributed by atoms with E-state index in [1.165, 1.54) is 12.3 Å². The molecule has 19 heavy (non-hydrogen) atoms. The molecule has 0 aliphatic heterocycles. The van der Waals surface area contributed by atoms with E-state index in [4.69, 9.17) is 0 Å². The Morgan fingerprint density at radius 2 is 1.95 bits per heavy atom.